The van der Waals surface area contributed by atoms with Gasteiger partial charge in [-0.25, -0.2) is 9.13 Å². The fraction of sp³-hybridized carbons (Fsp3) is 0.956. The summed E-state index contributed by atoms with van der Waals surface area (Å²) in [4.78, 5) is 73.2. The summed E-state index contributed by atoms with van der Waals surface area (Å²) in [7, 11) is -9.93. The van der Waals surface area contributed by atoms with E-state index in [1.165, 1.54) is 327 Å². The number of rotatable bonds is 91. The first-order valence-corrected chi connectivity index (χ1v) is 49.8. The quantitative estimate of drug-likeness (QED) is 0.0222. The lowest BCUT2D eigenvalue weighted by atomic mass is 10.0. The summed E-state index contributed by atoms with van der Waals surface area (Å²) < 4.78 is 68.9. The second-order valence-corrected chi connectivity index (χ2v) is 35.3. The minimum Gasteiger partial charge on any atom is -0.462 e. The third-order valence-electron chi connectivity index (χ3n) is 21.4. The third kappa shape index (κ3) is 83.8. The van der Waals surface area contributed by atoms with Gasteiger partial charge in [0.05, 0.1) is 26.4 Å². The van der Waals surface area contributed by atoms with Crippen LogP contribution in [0.1, 0.15) is 496 Å². The summed E-state index contributed by atoms with van der Waals surface area (Å²) in [5, 5.41) is 10.7. The molecule has 648 valence electrons. The lowest BCUT2D eigenvalue weighted by Crippen LogP contribution is -2.30. The van der Waals surface area contributed by atoms with Crippen molar-refractivity contribution in [1.82, 2.24) is 0 Å². The molecule has 0 rings (SSSR count). The van der Waals surface area contributed by atoms with Crippen molar-refractivity contribution in [3.8, 4) is 0 Å². The van der Waals surface area contributed by atoms with Gasteiger partial charge in [0.15, 0.2) is 12.2 Å². The van der Waals surface area contributed by atoms with E-state index in [1.54, 1.807) is 0 Å². The predicted octanol–water partition coefficient (Wildman–Crippen LogP) is 28.1. The van der Waals surface area contributed by atoms with Crippen molar-refractivity contribution >= 4 is 39.5 Å². The average Bonchev–Trinajstić information content (AvgIpc) is 0.827. The Labute approximate surface area is 670 Å². The molecule has 0 aromatic carbocycles. The highest BCUT2D eigenvalue weighted by atomic mass is 31.2. The van der Waals surface area contributed by atoms with Crippen LogP contribution in [-0.2, 0) is 65.4 Å². The van der Waals surface area contributed by atoms with Gasteiger partial charge in [0.25, 0.3) is 0 Å². The van der Waals surface area contributed by atoms with Crippen LogP contribution >= 0.6 is 15.6 Å². The van der Waals surface area contributed by atoms with Gasteiger partial charge >= 0.3 is 39.5 Å². The second-order valence-electron chi connectivity index (χ2n) is 32.3. The van der Waals surface area contributed by atoms with Crippen LogP contribution in [-0.4, -0.2) is 96.7 Å². The van der Waals surface area contributed by atoms with Crippen molar-refractivity contribution in [1.29, 1.82) is 0 Å². The number of carbonyl (C=O) groups is 4. The van der Waals surface area contributed by atoms with Gasteiger partial charge in [0.1, 0.15) is 19.3 Å². The van der Waals surface area contributed by atoms with Gasteiger partial charge in [0, 0.05) is 25.7 Å². The number of carbonyl (C=O) groups excluding carboxylic acids is 4. The fourth-order valence-electron chi connectivity index (χ4n) is 14.2. The first-order valence-electron chi connectivity index (χ1n) is 46.8. The Bertz CT molecular complexity index is 2050. The molecule has 2 unspecified atom stereocenters. The van der Waals surface area contributed by atoms with Crippen LogP contribution in [0.25, 0.3) is 0 Å². The first-order chi connectivity index (χ1) is 53.2. The highest BCUT2D eigenvalue weighted by Crippen LogP contribution is 2.45. The van der Waals surface area contributed by atoms with Crippen LogP contribution in [0.5, 0.6) is 0 Å². The molecular weight excluding hydrogens is 1410 g/mol. The van der Waals surface area contributed by atoms with Gasteiger partial charge in [0.2, 0.25) is 0 Å². The van der Waals surface area contributed by atoms with Crippen molar-refractivity contribution in [2.75, 3.05) is 39.6 Å². The normalized spacial score (nSPS) is 13.6. The van der Waals surface area contributed by atoms with Crippen LogP contribution in [0.4, 0.5) is 0 Å². The Morgan fingerprint density at radius 2 is 0.367 bits per heavy atom. The second kappa shape index (κ2) is 84.0. The Kier molecular flexibility index (Phi) is 82.5. The monoisotopic (exact) mass is 1590 g/mol. The van der Waals surface area contributed by atoms with Crippen LogP contribution in [0.15, 0.2) is 0 Å². The van der Waals surface area contributed by atoms with Crippen LogP contribution in [0, 0.1) is 0 Å². The number of ether oxygens (including phenoxy) is 4. The van der Waals surface area contributed by atoms with E-state index in [2.05, 4.69) is 27.7 Å². The molecule has 0 spiro atoms. The van der Waals surface area contributed by atoms with Crippen molar-refractivity contribution in [3.05, 3.63) is 0 Å². The van der Waals surface area contributed by atoms with E-state index in [4.69, 9.17) is 37.0 Å². The smallest absolute Gasteiger partial charge is 0.462 e. The molecule has 0 aliphatic rings. The number of phosphoric ester groups is 2. The maximum absolute atomic E-state index is 13.2. The molecule has 17 nitrogen and oxygen atoms in total. The topological polar surface area (TPSA) is 237 Å². The minimum absolute atomic E-state index is 0.109. The lowest BCUT2D eigenvalue weighted by Gasteiger charge is -2.21. The number of aliphatic hydroxyl groups excluding tert-OH is 1. The number of esters is 4. The molecule has 19 heteroatoms. The van der Waals surface area contributed by atoms with E-state index in [9.17, 15) is 43.2 Å². The molecule has 0 radical (unpaired) electrons. The van der Waals surface area contributed by atoms with Crippen LogP contribution < -0.4 is 0 Å². The largest absolute Gasteiger partial charge is 0.472 e. The molecule has 0 heterocycles. The van der Waals surface area contributed by atoms with E-state index in [1.807, 2.05) is 0 Å². The summed E-state index contributed by atoms with van der Waals surface area (Å²) in [6, 6.07) is 0. The van der Waals surface area contributed by atoms with E-state index >= 15 is 0 Å². The predicted molar refractivity (Wildman–Crippen MR) is 451 cm³/mol. The molecule has 3 N–H and O–H groups in total. The molecular formula is C90H176O17P2. The van der Waals surface area contributed by atoms with Crippen LogP contribution in [0.3, 0.4) is 0 Å². The summed E-state index contributed by atoms with van der Waals surface area (Å²) >= 11 is 0. The van der Waals surface area contributed by atoms with Gasteiger partial charge in [-0.05, 0) is 25.7 Å². The van der Waals surface area contributed by atoms with Gasteiger partial charge in [-0.1, -0.05) is 445 Å². The highest BCUT2D eigenvalue weighted by molar-refractivity contribution is 7.47. The van der Waals surface area contributed by atoms with E-state index < -0.39 is 97.5 Å². The first kappa shape index (κ1) is 107. The molecule has 0 saturated carbocycles. The summed E-state index contributed by atoms with van der Waals surface area (Å²) in [5.74, 6) is -2.10. The molecule has 0 aromatic heterocycles. The molecule has 0 aromatic rings. The van der Waals surface area contributed by atoms with Gasteiger partial charge in [-0.3, -0.25) is 37.3 Å². The Hall–Kier alpha value is -1.94. The Morgan fingerprint density at radius 1 is 0.220 bits per heavy atom. The third-order valence-corrected chi connectivity index (χ3v) is 23.3. The molecule has 0 aliphatic heterocycles. The lowest BCUT2D eigenvalue weighted by molar-refractivity contribution is -0.161. The molecule has 0 fully saturated rings. The number of unbranched alkanes of at least 4 members (excludes halogenated alkanes) is 65. The van der Waals surface area contributed by atoms with Crippen molar-refractivity contribution in [2.24, 2.45) is 0 Å². The van der Waals surface area contributed by atoms with E-state index in [0.717, 1.165) is 89.9 Å². The molecule has 109 heavy (non-hydrogen) atoms. The van der Waals surface area contributed by atoms with E-state index in [-0.39, 0.29) is 25.7 Å². The van der Waals surface area contributed by atoms with Crippen molar-refractivity contribution < 1.29 is 80.2 Å². The molecule has 5 atom stereocenters. The number of hydrogen-bond donors (Lipinski definition) is 3. The summed E-state index contributed by atoms with van der Waals surface area (Å²) in [6.07, 6.45) is 80.9. The SMILES string of the molecule is CCCCCCCCCCCCCCCCCCCCCCCCC(=O)O[C@H](COC(=O)CCCCCCCCCCCCCCCCCCCCCC)COP(=O)(O)OC[C@@H](O)COP(=O)(O)OC[C@@H](COC(=O)CCCCCCCCCC)OC(=O)CCCCCCCCCCCCCCCCCCCCC. The number of aliphatic hydroxyl groups is 1. The molecule has 0 amide bonds. The Balaban J connectivity index is 5.16. The zero-order valence-corrected chi connectivity index (χ0v) is 73.3. The maximum Gasteiger partial charge on any atom is 0.472 e. The summed E-state index contributed by atoms with van der Waals surface area (Å²) in [6.45, 7) is 5.05. The number of hydrogen-bond acceptors (Lipinski definition) is 15. The minimum atomic E-state index is -4.97. The van der Waals surface area contributed by atoms with E-state index in [0.29, 0.717) is 25.7 Å². The maximum atomic E-state index is 13.2. The van der Waals surface area contributed by atoms with Crippen LogP contribution in [0.2, 0.25) is 0 Å². The molecule has 0 aliphatic carbocycles. The van der Waals surface area contributed by atoms with Crippen molar-refractivity contribution in [3.63, 3.8) is 0 Å². The highest BCUT2D eigenvalue weighted by Gasteiger charge is 2.30. The fourth-order valence-corrected chi connectivity index (χ4v) is 15.8. The van der Waals surface area contributed by atoms with Gasteiger partial charge in [-0.15, -0.1) is 0 Å². The standard InChI is InChI=1S/C90H176O17P2/c1-5-9-13-17-21-25-28-31-34-37-40-42-43-46-49-52-55-58-61-65-69-73-77-90(95)107-86(81-101-88(93)75-71-67-63-59-56-53-50-47-45-41-38-35-32-29-26-22-18-14-10-6-2)83-105-109(98,99)103-79-84(91)78-102-108(96,97)104-82-85(80-100-87(92)74-70-66-62-24-20-16-12-8-4)106-89(94)76-72-68-64-60-57-54-51-48-44-39-36-33-30-27-23-19-15-11-7-3/h84-86,91H,5-83H2,1-4H3,(H,96,97)(H,98,99)/t84-,85+,86+/m0/s1. The number of phosphoric acid groups is 2. The van der Waals surface area contributed by atoms with Gasteiger partial charge in [-0.2, -0.15) is 0 Å². The molecule has 0 bridgehead atoms. The zero-order chi connectivity index (χ0) is 79.6. The Morgan fingerprint density at radius 3 is 0.541 bits per heavy atom. The van der Waals surface area contributed by atoms with Gasteiger partial charge < -0.3 is 33.8 Å². The van der Waals surface area contributed by atoms with Crippen molar-refractivity contribution in [2.45, 2.75) is 515 Å². The zero-order valence-electron chi connectivity index (χ0n) is 71.5. The molecule has 0 saturated heterocycles. The average molecular weight is 1590 g/mol. The summed E-state index contributed by atoms with van der Waals surface area (Å²) in [5.41, 5.74) is 0.